The summed E-state index contributed by atoms with van der Waals surface area (Å²) in [6.45, 7) is 0.830. The summed E-state index contributed by atoms with van der Waals surface area (Å²) in [6.07, 6.45) is 5.67. The highest BCUT2D eigenvalue weighted by Crippen LogP contribution is 2.33. The molecule has 102 valence electrons. The highest BCUT2D eigenvalue weighted by atomic mass is 127. The van der Waals surface area contributed by atoms with Crippen molar-refractivity contribution < 1.29 is 4.79 Å². The van der Waals surface area contributed by atoms with E-state index < -0.39 is 0 Å². The number of likely N-dealkylation sites (tertiary alicyclic amines) is 1. The van der Waals surface area contributed by atoms with Gasteiger partial charge in [0, 0.05) is 22.5 Å². The zero-order valence-electron chi connectivity index (χ0n) is 11.0. The minimum Gasteiger partial charge on any atom is -0.332 e. The second kappa shape index (κ2) is 5.91. The predicted molar refractivity (Wildman–Crippen MR) is 86.4 cm³/mol. The molecule has 1 aromatic carbocycles. The lowest BCUT2D eigenvalue weighted by molar-refractivity contribution is 0.0734. The van der Waals surface area contributed by atoms with Gasteiger partial charge in [-0.1, -0.05) is 12.1 Å². The molecule has 20 heavy (non-hydrogen) atoms. The molecule has 2 heterocycles. The molecule has 1 atom stereocenters. The van der Waals surface area contributed by atoms with E-state index in [0.717, 1.165) is 28.5 Å². The highest BCUT2D eigenvalue weighted by Gasteiger charge is 2.31. The normalized spacial score (nSPS) is 18.2. The maximum atomic E-state index is 12.8. The summed E-state index contributed by atoms with van der Waals surface area (Å²) >= 11 is 2.23. The van der Waals surface area contributed by atoms with Gasteiger partial charge in [-0.15, -0.1) is 0 Å². The minimum atomic E-state index is 0.134. The first-order valence-electron chi connectivity index (χ1n) is 6.73. The number of hydrogen-bond acceptors (Lipinski definition) is 2. The molecule has 0 bridgehead atoms. The molecule has 2 aromatic rings. The van der Waals surface area contributed by atoms with Crippen molar-refractivity contribution in [3.05, 3.63) is 63.5 Å². The Kier molecular flexibility index (Phi) is 4.00. The molecule has 0 aliphatic carbocycles. The van der Waals surface area contributed by atoms with E-state index in [2.05, 4.69) is 27.6 Å². The number of amides is 1. The van der Waals surface area contributed by atoms with Crippen LogP contribution in [0.2, 0.25) is 0 Å². The minimum absolute atomic E-state index is 0.134. The fourth-order valence-corrected chi connectivity index (χ4v) is 3.35. The van der Waals surface area contributed by atoms with Crippen LogP contribution in [0.1, 0.15) is 34.8 Å². The van der Waals surface area contributed by atoms with Crippen LogP contribution in [-0.2, 0) is 0 Å². The number of halogens is 1. The second-order valence-corrected chi connectivity index (χ2v) is 6.08. The monoisotopic (exact) mass is 378 g/mol. The summed E-state index contributed by atoms with van der Waals surface area (Å²) in [5, 5.41) is 0. The quantitative estimate of drug-likeness (QED) is 0.748. The van der Waals surface area contributed by atoms with Crippen molar-refractivity contribution >= 4 is 28.5 Å². The van der Waals surface area contributed by atoms with Gasteiger partial charge in [0.15, 0.2) is 0 Å². The molecule has 1 aliphatic heterocycles. The van der Waals surface area contributed by atoms with Crippen molar-refractivity contribution in [3.63, 3.8) is 0 Å². The van der Waals surface area contributed by atoms with Gasteiger partial charge in [0.2, 0.25) is 0 Å². The number of aromatic nitrogens is 1. The van der Waals surface area contributed by atoms with E-state index in [0.29, 0.717) is 0 Å². The van der Waals surface area contributed by atoms with Crippen molar-refractivity contribution in [2.24, 2.45) is 0 Å². The molecular weight excluding hydrogens is 363 g/mol. The largest absolute Gasteiger partial charge is 0.332 e. The Bertz CT molecular complexity index is 615. The van der Waals surface area contributed by atoms with Crippen LogP contribution in [0.3, 0.4) is 0 Å². The van der Waals surface area contributed by atoms with Crippen molar-refractivity contribution in [2.45, 2.75) is 18.9 Å². The third kappa shape index (κ3) is 2.57. The topological polar surface area (TPSA) is 33.2 Å². The lowest BCUT2D eigenvalue weighted by Gasteiger charge is -2.25. The lowest BCUT2D eigenvalue weighted by atomic mass is 10.1. The average molecular weight is 378 g/mol. The molecule has 0 radical (unpaired) electrons. The van der Waals surface area contributed by atoms with E-state index in [4.69, 9.17) is 0 Å². The Morgan fingerprint density at radius 3 is 2.70 bits per heavy atom. The van der Waals surface area contributed by atoms with E-state index in [1.165, 1.54) is 5.56 Å². The molecule has 1 fully saturated rings. The Morgan fingerprint density at radius 1 is 1.20 bits per heavy atom. The number of hydrogen-bond donors (Lipinski definition) is 0. The summed E-state index contributed by atoms with van der Waals surface area (Å²) in [7, 11) is 0. The Hall–Kier alpha value is -1.43. The van der Waals surface area contributed by atoms with Gasteiger partial charge >= 0.3 is 0 Å². The van der Waals surface area contributed by atoms with Gasteiger partial charge in [-0.3, -0.25) is 9.78 Å². The summed E-state index contributed by atoms with van der Waals surface area (Å²) in [5.41, 5.74) is 1.98. The van der Waals surface area contributed by atoms with Crippen molar-refractivity contribution in [1.82, 2.24) is 9.88 Å². The summed E-state index contributed by atoms with van der Waals surface area (Å²) in [5.74, 6) is 0.134. The predicted octanol–water partition coefficient (Wildman–Crippen LogP) is 3.66. The van der Waals surface area contributed by atoms with Gasteiger partial charge in [-0.25, -0.2) is 0 Å². The number of pyridine rings is 1. The maximum absolute atomic E-state index is 12.8. The van der Waals surface area contributed by atoms with Crippen molar-refractivity contribution in [3.8, 4) is 0 Å². The summed E-state index contributed by atoms with van der Waals surface area (Å²) in [6, 6.07) is 12.0. The number of carbonyl (C=O) groups excluding carboxylic acids is 1. The van der Waals surface area contributed by atoms with Crippen LogP contribution in [0.5, 0.6) is 0 Å². The molecule has 3 nitrogen and oxygen atoms in total. The third-order valence-electron chi connectivity index (χ3n) is 3.71. The van der Waals surface area contributed by atoms with E-state index in [1.807, 2.05) is 41.3 Å². The molecule has 1 amide bonds. The van der Waals surface area contributed by atoms with Crippen LogP contribution in [-0.4, -0.2) is 22.3 Å². The first kappa shape index (κ1) is 13.5. The molecular formula is C16H15IN2O. The second-order valence-electron chi connectivity index (χ2n) is 4.92. The van der Waals surface area contributed by atoms with Crippen LogP contribution >= 0.6 is 22.6 Å². The highest BCUT2D eigenvalue weighted by molar-refractivity contribution is 14.1. The van der Waals surface area contributed by atoms with Crippen LogP contribution < -0.4 is 0 Å². The van der Waals surface area contributed by atoms with E-state index in [-0.39, 0.29) is 11.9 Å². The van der Waals surface area contributed by atoms with E-state index >= 15 is 0 Å². The van der Waals surface area contributed by atoms with E-state index in [9.17, 15) is 4.79 Å². The molecule has 1 saturated heterocycles. The lowest BCUT2D eigenvalue weighted by Crippen LogP contribution is -2.31. The zero-order valence-corrected chi connectivity index (χ0v) is 13.2. The molecule has 0 spiro atoms. The number of carbonyl (C=O) groups is 1. The first-order valence-corrected chi connectivity index (χ1v) is 7.80. The SMILES string of the molecule is O=C(c1ccccc1I)N1CCC[C@H]1c1ccncc1. The van der Waals surface area contributed by atoms with Crippen LogP contribution in [0, 0.1) is 3.57 Å². The zero-order chi connectivity index (χ0) is 13.9. The van der Waals surface area contributed by atoms with Gasteiger partial charge in [0.1, 0.15) is 0 Å². The summed E-state index contributed by atoms with van der Waals surface area (Å²) < 4.78 is 1.01. The molecule has 3 rings (SSSR count). The molecule has 0 unspecified atom stereocenters. The Balaban J connectivity index is 1.90. The van der Waals surface area contributed by atoms with Crippen molar-refractivity contribution in [2.75, 3.05) is 6.54 Å². The molecule has 0 saturated carbocycles. The molecule has 1 aromatic heterocycles. The number of benzene rings is 1. The fraction of sp³-hybridized carbons (Fsp3) is 0.250. The smallest absolute Gasteiger partial charge is 0.255 e. The van der Waals surface area contributed by atoms with Gasteiger partial charge in [0.25, 0.3) is 5.91 Å². The van der Waals surface area contributed by atoms with E-state index in [1.54, 1.807) is 12.4 Å². The molecule has 0 N–H and O–H groups in total. The maximum Gasteiger partial charge on any atom is 0.255 e. The molecule has 4 heteroatoms. The van der Waals surface area contributed by atoms with Crippen molar-refractivity contribution in [1.29, 1.82) is 0 Å². The van der Waals surface area contributed by atoms with Gasteiger partial charge < -0.3 is 4.90 Å². The Morgan fingerprint density at radius 2 is 1.95 bits per heavy atom. The van der Waals surface area contributed by atoms with Gasteiger partial charge in [-0.05, 0) is 65.3 Å². The average Bonchev–Trinajstić information content (AvgIpc) is 2.97. The Labute approximate surface area is 132 Å². The van der Waals surface area contributed by atoms with Gasteiger partial charge in [-0.2, -0.15) is 0 Å². The van der Waals surface area contributed by atoms with Gasteiger partial charge in [0.05, 0.1) is 11.6 Å². The van der Waals surface area contributed by atoms with Crippen LogP contribution in [0.25, 0.3) is 0 Å². The fourth-order valence-electron chi connectivity index (χ4n) is 2.73. The third-order valence-corrected chi connectivity index (χ3v) is 4.65. The number of nitrogens with zero attached hydrogens (tertiary/aromatic N) is 2. The standard InChI is InChI=1S/C16H15IN2O/c17-14-5-2-1-4-13(14)16(20)19-11-3-6-15(19)12-7-9-18-10-8-12/h1-2,4-5,7-10,15H,3,6,11H2/t15-/m0/s1. The van der Waals surface area contributed by atoms with Crippen LogP contribution in [0.4, 0.5) is 0 Å². The summed E-state index contributed by atoms with van der Waals surface area (Å²) in [4.78, 5) is 18.8. The first-order chi connectivity index (χ1) is 9.77. The van der Waals surface area contributed by atoms with Crippen LogP contribution in [0.15, 0.2) is 48.8 Å². The molecule has 1 aliphatic rings. The number of rotatable bonds is 2.